The van der Waals surface area contributed by atoms with Crippen molar-refractivity contribution in [2.24, 2.45) is 10.8 Å². The average Bonchev–Trinajstić information content (AvgIpc) is 3.24. The molecule has 1 aromatic heterocycles. The number of amidine groups is 1. The topological polar surface area (TPSA) is 161 Å². The highest BCUT2D eigenvalue weighted by Gasteiger charge is 2.54. The molecule has 0 saturated carbocycles. The van der Waals surface area contributed by atoms with Crippen LogP contribution in [0.15, 0.2) is 65.9 Å². The van der Waals surface area contributed by atoms with Crippen LogP contribution in [0.3, 0.4) is 0 Å². The van der Waals surface area contributed by atoms with E-state index in [-0.39, 0.29) is 11.7 Å². The van der Waals surface area contributed by atoms with Crippen LogP contribution in [-0.2, 0) is 0 Å². The first-order valence-corrected chi connectivity index (χ1v) is 10.9. The summed E-state index contributed by atoms with van der Waals surface area (Å²) in [6, 6.07) is 15.3. The number of nitrogens with two attached hydrogens (primary N) is 2. The monoisotopic (exact) mass is 475 g/mol. The molecule has 2 atom stereocenters. The molecular formula is C24H27N8O3+. The van der Waals surface area contributed by atoms with Gasteiger partial charge in [0.25, 0.3) is 5.82 Å². The van der Waals surface area contributed by atoms with Gasteiger partial charge in [-0.1, -0.05) is 5.10 Å². The van der Waals surface area contributed by atoms with E-state index in [9.17, 15) is 4.79 Å². The molecule has 0 bridgehead atoms. The summed E-state index contributed by atoms with van der Waals surface area (Å²) in [7, 11) is 1.56. The molecule has 3 aromatic rings. The maximum Gasteiger partial charge on any atom is 0.457 e. The molecule has 4 rings (SSSR count). The molecule has 1 aliphatic heterocycles. The van der Waals surface area contributed by atoms with Crippen LogP contribution in [0.5, 0.6) is 11.5 Å². The lowest BCUT2D eigenvalue weighted by Gasteiger charge is -2.33. The van der Waals surface area contributed by atoms with Crippen molar-refractivity contribution in [2.75, 3.05) is 24.8 Å². The number of pyridine rings is 1. The number of hydrogen-bond donors (Lipinski definition) is 5. The van der Waals surface area contributed by atoms with Gasteiger partial charge in [-0.15, -0.1) is 0 Å². The third-order valence-corrected chi connectivity index (χ3v) is 5.55. The number of quaternary nitrogens is 1. The molecule has 0 spiro atoms. The van der Waals surface area contributed by atoms with E-state index in [1.165, 1.54) is 6.34 Å². The van der Waals surface area contributed by atoms with Gasteiger partial charge in [-0.25, -0.2) is 9.78 Å². The van der Waals surface area contributed by atoms with Crippen molar-refractivity contribution >= 4 is 35.4 Å². The summed E-state index contributed by atoms with van der Waals surface area (Å²) >= 11 is 0. The number of ether oxygens (including phenoxy) is 2. The second-order valence-corrected chi connectivity index (χ2v) is 7.68. The predicted octanol–water partition coefficient (Wildman–Crippen LogP) is 3.14. The van der Waals surface area contributed by atoms with Gasteiger partial charge >= 0.3 is 6.03 Å². The number of urea groups is 1. The minimum Gasteiger partial charge on any atom is -0.493 e. The van der Waals surface area contributed by atoms with E-state index in [1.807, 2.05) is 13.0 Å². The number of amides is 2. The summed E-state index contributed by atoms with van der Waals surface area (Å²) in [5, 5.41) is 18.2. The van der Waals surface area contributed by atoms with Crippen molar-refractivity contribution in [3.63, 3.8) is 0 Å². The van der Waals surface area contributed by atoms with Gasteiger partial charge in [0.15, 0.2) is 17.8 Å². The lowest BCUT2D eigenvalue weighted by Crippen LogP contribution is -2.55. The summed E-state index contributed by atoms with van der Waals surface area (Å²) in [5.74, 6) is 1.28. The smallest absolute Gasteiger partial charge is 0.457 e. The third kappa shape index (κ3) is 4.32. The average molecular weight is 476 g/mol. The molecule has 11 nitrogen and oxygen atoms in total. The van der Waals surface area contributed by atoms with E-state index in [0.717, 1.165) is 0 Å². The Balaban J connectivity index is 1.91. The number of rotatable bonds is 9. The molecule has 1 unspecified atom stereocenters. The Hall–Kier alpha value is -4.64. The molecule has 2 heterocycles. The SMILES string of the molecule is CCOc1cc(C(Nc2ccc(C(=N)N)cc2)[N@@+]2(c3ncccc3N)N=CNC2=O)ccc1OC. The maximum atomic E-state index is 13.4. The highest BCUT2D eigenvalue weighted by atomic mass is 16.5. The number of nitrogen functional groups attached to an aromatic ring is 2. The molecule has 0 radical (unpaired) electrons. The van der Waals surface area contributed by atoms with Crippen molar-refractivity contribution in [1.82, 2.24) is 14.9 Å². The summed E-state index contributed by atoms with van der Waals surface area (Å²) in [6.45, 7) is 2.30. The van der Waals surface area contributed by atoms with Crippen molar-refractivity contribution in [1.29, 1.82) is 5.41 Å². The Labute approximate surface area is 202 Å². The zero-order chi connectivity index (χ0) is 25.0. The minimum atomic E-state index is -0.806. The standard InChI is InChI=1S/C24H26N8O3/c1-3-35-20-13-16(8-11-19(20)34-2)22(31-17-9-6-15(7-10-17)21(26)27)32(24(33)29-14-30-32)23-18(25)5-4-12-28-23/h4-14,22H,3,25H2,1-2H3,(H4-,26,27,29,30,31,33)/p+1/t22?,32-/m0/s1. The zero-order valence-electron chi connectivity index (χ0n) is 19.4. The molecule has 0 fully saturated rings. The number of nitrogens with zero attached hydrogens (tertiary/aromatic N) is 3. The molecule has 7 N–H and O–H groups in total. The maximum absolute atomic E-state index is 13.4. The summed E-state index contributed by atoms with van der Waals surface area (Å²) in [5.41, 5.74) is 14.1. The van der Waals surface area contributed by atoms with E-state index in [0.29, 0.717) is 40.6 Å². The lowest BCUT2D eigenvalue weighted by atomic mass is 10.1. The van der Waals surface area contributed by atoms with Crippen LogP contribution in [0.25, 0.3) is 0 Å². The molecule has 0 aliphatic carbocycles. The van der Waals surface area contributed by atoms with Gasteiger partial charge in [0.05, 0.1) is 13.7 Å². The number of nitrogens with one attached hydrogen (secondary N) is 3. The van der Waals surface area contributed by atoms with Crippen molar-refractivity contribution < 1.29 is 14.3 Å². The van der Waals surface area contributed by atoms with Gasteiger partial charge in [0, 0.05) is 23.0 Å². The zero-order valence-corrected chi connectivity index (χ0v) is 19.4. The summed E-state index contributed by atoms with van der Waals surface area (Å²) in [4.78, 5) is 17.9. The molecule has 11 heteroatoms. The van der Waals surface area contributed by atoms with E-state index in [1.54, 1.807) is 61.8 Å². The summed E-state index contributed by atoms with van der Waals surface area (Å²) < 4.78 is 10.6. The number of carbonyl (C=O) groups excluding carboxylic acids is 1. The molecule has 2 aromatic carbocycles. The Kier molecular flexibility index (Phi) is 6.51. The van der Waals surface area contributed by atoms with Gasteiger partial charge in [-0.3, -0.25) is 10.7 Å². The van der Waals surface area contributed by atoms with Crippen molar-refractivity contribution in [3.8, 4) is 11.5 Å². The van der Waals surface area contributed by atoms with Gasteiger partial charge < -0.3 is 26.3 Å². The third-order valence-electron chi connectivity index (χ3n) is 5.55. The van der Waals surface area contributed by atoms with Crippen LogP contribution < -0.4 is 36.2 Å². The van der Waals surface area contributed by atoms with Crippen LogP contribution in [0.2, 0.25) is 0 Å². The van der Waals surface area contributed by atoms with Crippen LogP contribution in [-0.4, -0.2) is 36.9 Å². The highest BCUT2D eigenvalue weighted by Crippen LogP contribution is 2.42. The van der Waals surface area contributed by atoms with Crippen LogP contribution in [0.1, 0.15) is 24.2 Å². The number of benzene rings is 2. The molecule has 35 heavy (non-hydrogen) atoms. The minimum absolute atomic E-state index is 0.0436. The van der Waals surface area contributed by atoms with E-state index < -0.39 is 16.8 Å². The number of carbonyl (C=O) groups is 1. The lowest BCUT2D eigenvalue weighted by molar-refractivity contribution is 0.195. The first-order valence-electron chi connectivity index (χ1n) is 10.9. The number of methoxy groups -OCH3 is 1. The van der Waals surface area contributed by atoms with Gasteiger partial charge in [0.2, 0.25) is 6.17 Å². The molecular weight excluding hydrogens is 448 g/mol. The van der Waals surface area contributed by atoms with Gasteiger partial charge in [-0.2, -0.15) is 0 Å². The Morgan fingerprint density at radius 3 is 2.57 bits per heavy atom. The van der Waals surface area contributed by atoms with Gasteiger partial charge in [0.1, 0.15) is 11.5 Å². The fraction of sp³-hybridized carbons (Fsp3) is 0.167. The second kappa shape index (κ2) is 9.69. The molecule has 180 valence electrons. The number of aromatic nitrogens is 1. The fourth-order valence-electron chi connectivity index (χ4n) is 3.91. The summed E-state index contributed by atoms with van der Waals surface area (Å²) in [6.07, 6.45) is 2.08. The molecule has 2 amide bonds. The van der Waals surface area contributed by atoms with Crippen LogP contribution in [0.4, 0.5) is 22.0 Å². The van der Waals surface area contributed by atoms with E-state index >= 15 is 0 Å². The van der Waals surface area contributed by atoms with E-state index in [2.05, 4.69) is 20.7 Å². The normalized spacial score (nSPS) is 17.5. The number of anilines is 2. The van der Waals surface area contributed by atoms with Gasteiger partial charge in [-0.05, 0) is 66.1 Å². The highest BCUT2D eigenvalue weighted by molar-refractivity contribution is 6.00. The van der Waals surface area contributed by atoms with Crippen molar-refractivity contribution in [3.05, 3.63) is 71.9 Å². The largest absolute Gasteiger partial charge is 0.493 e. The predicted molar refractivity (Wildman–Crippen MR) is 135 cm³/mol. The first-order chi connectivity index (χ1) is 16.9. The quantitative estimate of drug-likeness (QED) is 0.180. The number of hydrogen-bond acceptors (Lipinski definition) is 8. The first kappa shape index (κ1) is 23.5. The Morgan fingerprint density at radius 2 is 1.97 bits per heavy atom. The van der Waals surface area contributed by atoms with Crippen molar-refractivity contribution in [2.45, 2.75) is 13.1 Å². The fourth-order valence-corrected chi connectivity index (χ4v) is 3.91. The van der Waals surface area contributed by atoms with Crippen LogP contribution >= 0.6 is 0 Å². The Morgan fingerprint density at radius 1 is 1.20 bits per heavy atom. The van der Waals surface area contributed by atoms with Crippen LogP contribution in [0, 0.1) is 5.41 Å². The molecule has 1 aliphatic rings. The van der Waals surface area contributed by atoms with E-state index in [4.69, 9.17) is 26.4 Å². The molecule has 0 saturated heterocycles. The Bertz CT molecular complexity index is 1280. The second-order valence-electron chi connectivity index (χ2n) is 7.68.